The number of aromatic nitrogens is 2. The third kappa shape index (κ3) is 3.84. The maximum atomic E-state index is 12.6. The average molecular weight is 344 g/mol. The second kappa shape index (κ2) is 6.64. The van der Waals surface area contributed by atoms with Gasteiger partial charge in [-0.1, -0.05) is 13.3 Å². The Morgan fingerprint density at radius 3 is 2.67 bits per heavy atom. The maximum Gasteiger partial charge on any atom is 0.435 e. The van der Waals surface area contributed by atoms with Crippen molar-refractivity contribution in [2.24, 2.45) is 5.92 Å². The van der Waals surface area contributed by atoms with Crippen molar-refractivity contribution in [2.45, 2.75) is 57.3 Å². The van der Waals surface area contributed by atoms with Crippen molar-refractivity contribution in [1.82, 2.24) is 20.0 Å². The predicted octanol–water partition coefficient (Wildman–Crippen LogP) is 3.44. The van der Waals surface area contributed by atoms with E-state index in [1.54, 1.807) is 4.90 Å². The minimum atomic E-state index is -4.41. The zero-order valence-corrected chi connectivity index (χ0v) is 13.7. The van der Waals surface area contributed by atoms with Crippen molar-refractivity contribution >= 4 is 6.03 Å². The molecule has 0 unspecified atom stereocenters. The number of piperidine rings is 1. The molecular formula is C16H23F3N4O. The summed E-state index contributed by atoms with van der Waals surface area (Å²) >= 11 is 0. The number of halogens is 3. The van der Waals surface area contributed by atoms with E-state index in [0.29, 0.717) is 37.9 Å². The van der Waals surface area contributed by atoms with E-state index in [1.165, 1.54) is 10.9 Å². The summed E-state index contributed by atoms with van der Waals surface area (Å²) in [5.41, 5.74) is -0.863. The first-order valence-corrected chi connectivity index (χ1v) is 8.56. The maximum absolute atomic E-state index is 12.6. The van der Waals surface area contributed by atoms with Gasteiger partial charge in [0.25, 0.3) is 0 Å². The molecule has 1 saturated heterocycles. The minimum Gasteiger partial charge on any atom is -0.335 e. The van der Waals surface area contributed by atoms with Gasteiger partial charge in [-0.2, -0.15) is 18.3 Å². The summed E-state index contributed by atoms with van der Waals surface area (Å²) in [6, 6.07) is 1.17. The zero-order chi connectivity index (χ0) is 17.3. The molecule has 2 heterocycles. The summed E-state index contributed by atoms with van der Waals surface area (Å²) in [7, 11) is 0. The van der Waals surface area contributed by atoms with E-state index in [4.69, 9.17) is 0 Å². The molecule has 8 heteroatoms. The molecule has 2 atom stereocenters. The SMILES string of the molecule is CCC[C@H]1C[C@@H]1NC(=O)N1CCC(n2ccc(C(F)(F)F)n2)CC1. The number of hydrogen-bond donors (Lipinski definition) is 1. The van der Waals surface area contributed by atoms with E-state index in [1.807, 2.05) is 0 Å². The minimum absolute atomic E-state index is 0.0477. The summed E-state index contributed by atoms with van der Waals surface area (Å²) in [6.45, 7) is 3.23. The fourth-order valence-electron chi connectivity index (χ4n) is 3.39. The Morgan fingerprint density at radius 1 is 1.38 bits per heavy atom. The van der Waals surface area contributed by atoms with E-state index in [2.05, 4.69) is 17.3 Å². The Hall–Kier alpha value is -1.73. The Labute approximate surface area is 139 Å². The second-order valence-electron chi connectivity index (χ2n) is 6.74. The summed E-state index contributed by atoms with van der Waals surface area (Å²) in [5, 5.41) is 6.69. The van der Waals surface area contributed by atoms with Gasteiger partial charge in [0, 0.05) is 25.3 Å². The number of hydrogen-bond acceptors (Lipinski definition) is 2. The van der Waals surface area contributed by atoms with Crippen molar-refractivity contribution in [3.63, 3.8) is 0 Å². The van der Waals surface area contributed by atoms with Crippen molar-refractivity contribution in [3.05, 3.63) is 18.0 Å². The lowest BCUT2D eigenvalue weighted by Crippen LogP contribution is -2.45. The molecular weight excluding hydrogens is 321 g/mol. The first-order valence-electron chi connectivity index (χ1n) is 8.56. The molecule has 24 heavy (non-hydrogen) atoms. The number of nitrogens with one attached hydrogen (secondary N) is 1. The predicted molar refractivity (Wildman–Crippen MR) is 82.4 cm³/mol. The van der Waals surface area contributed by atoms with Crippen LogP contribution in [0.25, 0.3) is 0 Å². The fourth-order valence-corrected chi connectivity index (χ4v) is 3.39. The topological polar surface area (TPSA) is 50.2 Å². The molecule has 134 valence electrons. The molecule has 1 aliphatic heterocycles. The van der Waals surface area contributed by atoms with E-state index in [-0.39, 0.29) is 12.1 Å². The Bertz CT molecular complexity index is 578. The largest absolute Gasteiger partial charge is 0.435 e. The van der Waals surface area contributed by atoms with E-state index in [9.17, 15) is 18.0 Å². The molecule has 1 aromatic rings. The van der Waals surface area contributed by atoms with Gasteiger partial charge in [-0.05, 0) is 37.7 Å². The van der Waals surface area contributed by atoms with Crippen LogP contribution >= 0.6 is 0 Å². The molecule has 2 amide bonds. The monoisotopic (exact) mass is 344 g/mol. The lowest BCUT2D eigenvalue weighted by molar-refractivity contribution is -0.141. The Kier molecular flexibility index (Phi) is 4.73. The number of likely N-dealkylation sites (tertiary alicyclic amines) is 1. The summed E-state index contributed by atoms with van der Waals surface area (Å²) in [4.78, 5) is 14.0. The van der Waals surface area contributed by atoms with Gasteiger partial charge in [-0.3, -0.25) is 4.68 Å². The van der Waals surface area contributed by atoms with E-state index in [0.717, 1.165) is 25.3 Å². The van der Waals surface area contributed by atoms with Crippen LogP contribution in [0.1, 0.15) is 50.8 Å². The van der Waals surface area contributed by atoms with Gasteiger partial charge in [0.1, 0.15) is 0 Å². The highest BCUT2D eigenvalue weighted by Crippen LogP contribution is 2.35. The number of carbonyl (C=O) groups excluding carboxylic acids is 1. The highest BCUT2D eigenvalue weighted by molar-refractivity contribution is 5.75. The molecule has 1 saturated carbocycles. The van der Waals surface area contributed by atoms with Crippen molar-refractivity contribution in [3.8, 4) is 0 Å². The van der Waals surface area contributed by atoms with Crippen LogP contribution in [0.2, 0.25) is 0 Å². The van der Waals surface area contributed by atoms with Gasteiger partial charge < -0.3 is 10.2 Å². The molecule has 5 nitrogen and oxygen atoms in total. The number of carbonyl (C=O) groups is 1. The highest BCUT2D eigenvalue weighted by atomic mass is 19.4. The average Bonchev–Trinajstić information content (AvgIpc) is 3.07. The third-order valence-electron chi connectivity index (χ3n) is 4.92. The van der Waals surface area contributed by atoms with Crippen LogP contribution in [0.15, 0.2) is 12.3 Å². The van der Waals surface area contributed by atoms with Crippen LogP contribution < -0.4 is 5.32 Å². The third-order valence-corrected chi connectivity index (χ3v) is 4.92. The molecule has 0 bridgehead atoms. The quantitative estimate of drug-likeness (QED) is 0.910. The fraction of sp³-hybridized carbons (Fsp3) is 0.750. The van der Waals surface area contributed by atoms with Crippen LogP contribution in [0.4, 0.5) is 18.0 Å². The summed E-state index contributed by atoms with van der Waals surface area (Å²) < 4.78 is 39.2. The zero-order valence-electron chi connectivity index (χ0n) is 13.7. The van der Waals surface area contributed by atoms with Gasteiger partial charge in [0.2, 0.25) is 0 Å². The molecule has 1 aromatic heterocycles. The van der Waals surface area contributed by atoms with Gasteiger partial charge in [0.05, 0.1) is 6.04 Å². The number of amides is 2. The van der Waals surface area contributed by atoms with Crippen LogP contribution in [-0.2, 0) is 6.18 Å². The molecule has 2 aliphatic rings. The Balaban J connectivity index is 1.47. The molecule has 2 fully saturated rings. The van der Waals surface area contributed by atoms with Gasteiger partial charge in [-0.25, -0.2) is 4.79 Å². The molecule has 0 spiro atoms. The molecule has 1 N–H and O–H groups in total. The van der Waals surface area contributed by atoms with Crippen LogP contribution in [0.5, 0.6) is 0 Å². The summed E-state index contributed by atoms with van der Waals surface area (Å²) in [5.74, 6) is 0.612. The first-order chi connectivity index (χ1) is 11.4. The summed E-state index contributed by atoms with van der Waals surface area (Å²) in [6.07, 6.45) is 1.54. The second-order valence-corrected chi connectivity index (χ2v) is 6.74. The van der Waals surface area contributed by atoms with E-state index < -0.39 is 11.9 Å². The highest BCUT2D eigenvalue weighted by Gasteiger charge is 2.38. The van der Waals surface area contributed by atoms with Crippen molar-refractivity contribution < 1.29 is 18.0 Å². The van der Waals surface area contributed by atoms with Crippen LogP contribution in [0, 0.1) is 5.92 Å². The number of rotatable bonds is 4. The lowest BCUT2D eigenvalue weighted by atomic mass is 10.1. The lowest BCUT2D eigenvalue weighted by Gasteiger charge is -2.32. The molecule has 0 aromatic carbocycles. The number of urea groups is 1. The molecule has 1 aliphatic carbocycles. The van der Waals surface area contributed by atoms with Gasteiger partial charge in [0.15, 0.2) is 5.69 Å². The standard InChI is InChI=1S/C16H23F3N4O/c1-2-3-11-10-13(11)20-15(24)22-7-4-12(5-8-22)23-9-6-14(21-23)16(17,18)19/h6,9,11-13H,2-5,7-8,10H2,1H3,(H,20,24)/t11-,13-/m0/s1. The molecule has 0 radical (unpaired) electrons. The van der Waals surface area contributed by atoms with Gasteiger partial charge in [-0.15, -0.1) is 0 Å². The normalized spacial score (nSPS) is 24.9. The molecule has 3 rings (SSSR count). The number of nitrogens with zero attached hydrogens (tertiary/aromatic N) is 3. The van der Waals surface area contributed by atoms with E-state index >= 15 is 0 Å². The van der Waals surface area contributed by atoms with Crippen molar-refractivity contribution in [2.75, 3.05) is 13.1 Å². The smallest absolute Gasteiger partial charge is 0.335 e. The van der Waals surface area contributed by atoms with Crippen molar-refractivity contribution in [1.29, 1.82) is 0 Å². The first kappa shape index (κ1) is 17.1. The Morgan fingerprint density at radius 2 is 2.08 bits per heavy atom. The van der Waals surface area contributed by atoms with Gasteiger partial charge >= 0.3 is 12.2 Å². The number of alkyl halides is 3. The van der Waals surface area contributed by atoms with Crippen LogP contribution in [0.3, 0.4) is 0 Å². The van der Waals surface area contributed by atoms with Crippen LogP contribution in [-0.4, -0.2) is 39.8 Å².